The predicted octanol–water partition coefficient (Wildman–Crippen LogP) is 3.99. The van der Waals surface area contributed by atoms with E-state index in [1.807, 2.05) is 4.90 Å². The van der Waals surface area contributed by atoms with E-state index in [2.05, 4.69) is 20.0 Å². The fraction of sp³-hybridized carbons (Fsp3) is 0.600. The molecule has 37 heavy (non-hydrogen) atoms. The maximum absolute atomic E-state index is 13.5. The van der Waals surface area contributed by atoms with Crippen LogP contribution in [0.1, 0.15) is 66.8 Å². The van der Waals surface area contributed by atoms with Crippen molar-refractivity contribution in [1.82, 2.24) is 25.3 Å². The van der Waals surface area contributed by atoms with Crippen molar-refractivity contribution in [2.24, 2.45) is 0 Å². The molecule has 9 nitrogen and oxygen atoms in total. The Hall–Kier alpha value is -3.15. The lowest BCUT2D eigenvalue weighted by atomic mass is 9.89. The van der Waals surface area contributed by atoms with Gasteiger partial charge in [0.05, 0.1) is 37.4 Å². The number of alkyl halides is 3. The molecule has 1 saturated carbocycles. The van der Waals surface area contributed by atoms with Gasteiger partial charge in [0.1, 0.15) is 0 Å². The van der Waals surface area contributed by atoms with Crippen molar-refractivity contribution in [3.05, 3.63) is 35.2 Å². The van der Waals surface area contributed by atoms with Gasteiger partial charge >= 0.3 is 18.1 Å². The topological polar surface area (TPSA) is 101 Å². The van der Waals surface area contributed by atoms with Crippen molar-refractivity contribution in [3.63, 3.8) is 0 Å². The number of morpholine rings is 1. The first-order valence-electron chi connectivity index (χ1n) is 12.8. The first kappa shape index (κ1) is 24.2. The number of fused-ring (bicyclic) bond motifs is 3. The fourth-order valence-electron chi connectivity index (χ4n) is 6.24. The number of benzene rings is 1. The summed E-state index contributed by atoms with van der Waals surface area (Å²) in [5.74, 6) is -1.85. The van der Waals surface area contributed by atoms with Gasteiger partial charge < -0.3 is 24.4 Å². The van der Waals surface area contributed by atoms with Gasteiger partial charge in [0, 0.05) is 17.7 Å². The van der Waals surface area contributed by atoms with Gasteiger partial charge in [-0.3, -0.25) is 4.79 Å². The molecule has 6 rings (SSSR count). The summed E-state index contributed by atoms with van der Waals surface area (Å²) in [6.45, 7) is 1.50. The minimum atomic E-state index is -4.74. The second-order valence-electron chi connectivity index (χ2n) is 10.3. The van der Waals surface area contributed by atoms with Crippen molar-refractivity contribution in [2.75, 3.05) is 13.2 Å². The first-order valence-corrected chi connectivity index (χ1v) is 12.8. The third kappa shape index (κ3) is 4.45. The Morgan fingerprint density at radius 1 is 1.05 bits per heavy atom. The van der Waals surface area contributed by atoms with Crippen LogP contribution in [0.15, 0.2) is 22.7 Å². The number of aromatic nitrogens is 2. The van der Waals surface area contributed by atoms with E-state index < -0.39 is 12.1 Å². The zero-order valence-corrected chi connectivity index (χ0v) is 20.2. The van der Waals surface area contributed by atoms with Gasteiger partial charge in [-0.15, -0.1) is 0 Å². The van der Waals surface area contributed by atoms with Crippen molar-refractivity contribution >= 4 is 11.9 Å². The molecule has 4 heterocycles. The van der Waals surface area contributed by atoms with Crippen molar-refractivity contribution in [1.29, 1.82) is 0 Å². The van der Waals surface area contributed by atoms with Gasteiger partial charge in [-0.1, -0.05) is 30.1 Å². The number of carbonyl (C=O) groups is 2. The van der Waals surface area contributed by atoms with Crippen LogP contribution in [0.5, 0.6) is 0 Å². The molecule has 1 aliphatic carbocycles. The van der Waals surface area contributed by atoms with Crippen LogP contribution in [0.2, 0.25) is 0 Å². The van der Waals surface area contributed by atoms with Crippen LogP contribution in [-0.2, 0) is 17.5 Å². The minimum Gasteiger partial charge on any atom is -0.377 e. The molecule has 198 valence electrons. The van der Waals surface area contributed by atoms with E-state index in [0.29, 0.717) is 25.3 Å². The first-order chi connectivity index (χ1) is 17.8. The Morgan fingerprint density at radius 3 is 2.54 bits per heavy atom. The molecule has 1 aromatic heterocycles. The number of hydrogen-bond acceptors (Lipinski definition) is 6. The van der Waals surface area contributed by atoms with Gasteiger partial charge in [-0.05, 0) is 43.7 Å². The highest BCUT2D eigenvalue weighted by Crippen LogP contribution is 2.35. The van der Waals surface area contributed by atoms with E-state index in [-0.39, 0.29) is 47.5 Å². The third-order valence-electron chi connectivity index (χ3n) is 8.02. The molecule has 3 fully saturated rings. The largest absolute Gasteiger partial charge is 0.471 e. The van der Waals surface area contributed by atoms with Crippen LogP contribution in [0.3, 0.4) is 0 Å². The average Bonchev–Trinajstić information content (AvgIpc) is 3.49. The maximum Gasteiger partial charge on any atom is 0.471 e. The van der Waals surface area contributed by atoms with Crippen LogP contribution in [0.25, 0.3) is 11.4 Å². The average molecular weight is 520 g/mol. The van der Waals surface area contributed by atoms with Gasteiger partial charge in [0.2, 0.25) is 5.82 Å². The highest BCUT2D eigenvalue weighted by molar-refractivity contribution is 5.99. The summed E-state index contributed by atoms with van der Waals surface area (Å²) in [6, 6.07) is 4.60. The van der Waals surface area contributed by atoms with Crippen LogP contribution >= 0.6 is 0 Å². The molecule has 2 bridgehead atoms. The smallest absolute Gasteiger partial charge is 0.377 e. The van der Waals surface area contributed by atoms with Crippen LogP contribution < -0.4 is 5.32 Å². The van der Waals surface area contributed by atoms with E-state index in [1.165, 1.54) is 6.07 Å². The van der Waals surface area contributed by atoms with Crippen molar-refractivity contribution < 1.29 is 32.0 Å². The lowest BCUT2D eigenvalue weighted by Crippen LogP contribution is -2.63. The number of hydrogen-bond donors (Lipinski definition) is 1. The van der Waals surface area contributed by atoms with Crippen LogP contribution in [0.4, 0.5) is 18.0 Å². The van der Waals surface area contributed by atoms with Crippen LogP contribution in [0, 0.1) is 0 Å². The summed E-state index contributed by atoms with van der Waals surface area (Å²) < 4.78 is 48.6. The molecule has 3 amide bonds. The second kappa shape index (κ2) is 9.30. The molecule has 4 atom stereocenters. The standard InChI is InChI=1S/C25H28F3N5O4/c26-25(27,28)23-30-21(31-37-23)14-8-9-15-11-32(22(34)18(15)10-14)20-7-2-1-6-19(20)29-24(35)33-16-4-3-5-17(33)13-36-12-16/h8-10,16-17,19-20H,1-7,11-13H2,(H,29,35)/t16?,17?,19-,20-/m1/s1. The molecule has 2 unspecified atom stereocenters. The normalized spacial score (nSPS) is 27.8. The molecule has 2 saturated heterocycles. The lowest BCUT2D eigenvalue weighted by molar-refractivity contribution is -0.159. The zero-order chi connectivity index (χ0) is 25.7. The summed E-state index contributed by atoms with van der Waals surface area (Å²) >= 11 is 0. The molecule has 0 spiro atoms. The fourth-order valence-corrected chi connectivity index (χ4v) is 6.24. The minimum absolute atomic E-state index is 0.0843. The summed E-state index contributed by atoms with van der Waals surface area (Å²) in [5, 5.41) is 6.68. The summed E-state index contributed by atoms with van der Waals surface area (Å²) in [4.78, 5) is 34.0. The molecular weight excluding hydrogens is 491 g/mol. The number of nitrogens with one attached hydrogen (secondary N) is 1. The quantitative estimate of drug-likeness (QED) is 0.659. The highest BCUT2D eigenvalue weighted by Gasteiger charge is 2.43. The third-order valence-corrected chi connectivity index (χ3v) is 8.02. The van der Waals surface area contributed by atoms with E-state index in [4.69, 9.17) is 4.74 Å². The van der Waals surface area contributed by atoms with E-state index in [0.717, 1.165) is 50.5 Å². The second-order valence-corrected chi connectivity index (χ2v) is 10.3. The molecule has 1 aromatic carbocycles. The number of nitrogens with zero attached hydrogens (tertiary/aromatic N) is 4. The monoisotopic (exact) mass is 519 g/mol. The van der Waals surface area contributed by atoms with Crippen LogP contribution in [-0.4, -0.2) is 69.3 Å². The predicted molar refractivity (Wildman–Crippen MR) is 123 cm³/mol. The number of halogens is 3. The molecule has 0 radical (unpaired) electrons. The Labute approximate surface area is 211 Å². The zero-order valence-electron chi connectivity index (χ0n) is 20.2. The number of ether oxygens (including phenoxy) is 1. The molecule has 1 N–H and O–H groups in total. The van der Waals surface area contributed by atoms with E-state index in [9.17, 15) is 22.8 Å². The van der Waals surface area contributed by atoms with Gasteiger partial charge in [0.15, 0.2) is 0 Å². The summed E-state index contributed by atoms with van der Waals surface area (Å²) in [7, 11) is 0. The molecular formula is C25H28F3N5O4. The Bertz CT molecular complexity index is 1180. The maximum atomic E-state index is 13.5. The highest BCUT2D eigenvalue weighted by atomic mass is 19.4. The number of carbonyl (C=O) groups excluding carboxylic acids is 2. The Kier molecular flexibility index (Phi) is 6.09. The Balaban J connectivity index is 1.19. The molecule has 2 aromatic rings. The van der Waals surface area contributed by atoms with Crippen molar-refractivity contribution in [3.8, 4) is 11.4 Å². The number of rotatable bonds is 3. The molecule has 4 aliphatic rings. The SMILES string of the molecule is O=C(N[C@@H]1CCCC[C@H]1N1Cc2ccc(-c3noc(C(F)(F)F)n3)cc2C1=O)N1C2CCCC1COC2. The summed E-state index contributed by atoms with van der Waals surface area (Å²) in [6.07, 6.45) is 1.70. The lowest BCUT2D eigenvalue weighted by Gasteiger charge is -2.47. The molecule has 3 aliphatic heterocycles. The number of urea groups is 1. The number of amides is 3. The van der Waals surface area contributed by atoms with Gasteiger partial charge in [-0.25, -0.2) is 4.79 Å². The van der Waals surface area contributed by atoms with Crippen molar-refractivity contribution in [2.45, 2.75) is 81.8 Å². The number of piperidine rings is 1. The van der Waals surface area contributed by atoms with E-state index in [1.54, 1.807) is 17.0 Å². The molecule has 12 heteroatoms. The Morgan fingerprint density at radius 2 is 1.81 bits per heavy atom. The van der Waals surface area contributed by atoms with Gasteiger partial charge in [-0.2, -0.15) is 18.2 Å². The van der Waals surface area contributed by atoms with Gasteiger partial charge in [0.25, 0.3) is 5.91 Å². The van der Waals surface area contributed by atoms with E-state index >= 15 is 0 Å². The summed E-state index contributed by atoms with van der Waals surface area (Å²) in [5.41, 5.74) is 1.47.